The highest BCUT2D eigenvalue weighted by molar-refractivity contribution is 5.72. The van der Waals surface area contributed by atoms with E-state index in [2.05, 4.69) is 5.32 Å². The molecule has 0 spiro atoms. The van der Waals surface area contributed by atoms with Crippen molar-refractivity contribution in [2.45, 2.75) is 12.6 Å². The fourth-order valence-electron chi connectivity index (χ4n) is 1.21. The second-order valence-electron chi connectivity index (χ2n) is 3.08. The second kappa shape index (κ2) is 4.75. The average molecular weight is 272 g/mol. The number of carbonyl (C=O) groups excluding carboxylic acids is 1. The molecule has 0 fully saturated rings. The Hall–Kier alpha value is -1.93. The predicted molar refractivity (Wildman–Crippen MR) is 50.7 cm³/mol. The van der Waals surface area contributed by atoms with Crippen molar-refractivity contribution in [2.75, 3.05) is 10.2 Å². The van der Waals surface area contributed by atoms with Gasteiger partial charge in [0.1, 0.15) is 0 Å². The number of amides is 1. The monoisotopic (exact) mass is 272 g/mol. The molecule has 0 unspecified atom stereocenters. The van der Waals surface area contributed by atoms with Gasteiger partial charge in [0, 0.05) is 5.69 Å². The van der Waals surface area contributed by atoms with Crippen LogP contribution in [0.4, 0.5) is 37.7 Å². The molecule has 0 bridgehead atoms. The van der Waals surface area contributed by atoms with Crippen LogP contribution in [0.5, 0.6) is 0 Å². The molecule has 3 nitrogen and oxygen atoms in total. The van der Waals surface area contributed by atoms with Crippen LogP contribution in [0, 0.1) is 0 Å². The Bertz CT molecular complexity index is 397. The molecular formula is C9H6F6N2O. The van der Waals surface area contributed by atoms with Crippen LogP contribution in [0.25, 0.3) is 0 Å². The number of halogens is 6. The molecule has 0 saturated carbocycles. The van der Waals surface area contributed by atoms with Crippen LogP contribution in [-0.2, 0) is 4.79 Å². The van der Waals surface area contributed by atoms with E-state index in [4.69, 9.17) is 0 Å². The van der Waals surface area contributed by atoms with E-state index in [0.717, 1.165) is 12.1 Å². The first-order valence-electron chi connectivity index (χ1n) is 4.40. The molecule has 1 amide bonds. The molecule has 0 saturated heterocycles. The van der Waals surface area contributed by atoms with Crippen LogP contribution < -0.4 is 10.2 Å². The maximum atomic E-state index is 12.3. The van der Waals surface area contributed by atoms with Gasteiger partial charge in [-0.15, -0.1) is 26.3 Å². The lowest BCUT2D eigenvalue weighted by molar-refractivity contribution is -0.226. The van der Waals surface area contributed by atoms with Crippen molar-refractivity contribution in [2.24, 2.45) is 0 Å². The van der Waals surface area contributed by atoms with Gasteiger partial charge in [0.05, 0.1) is 5.69 Å². The van der Waals surface area contributed by atoms with Gasteiger partial charge in [0.15, 0.2) is 0 Å². The van der Waals surface area contributed by atoms with Gasteiger partial charge in [0.2, 0.25) is 6.41 Å². The molecule has 0 radical (unpaired) electrons. The van der Waals surface area contributed by atoms with E-state index in [1.165, 1.54) is 0 Å². The zero-order valence-electron chi connectivity index (χ0n) is 8.51. The normalized spacial score (nSPS) is 12.1. The molecule has 0 heterocycles. The van der Waals surface area contributed by atoms with Crippen molar-refractivity contribution >= 4 is 17.8 Å². The average Bonchev–Trinajstić information content (AvgIpc) is 2.17. The van der Waals surface area contributed by atoms with Crippen LogP contribution in [0.2, 0.25) is 0 Å². The molecule has 0 aliphatic rings. The first-order chi connectivity index (χ1) is 8.16. The van der Waals surface area contributed by atoms with Crippen LogP contribution in [0.15, 0.2) is 24.3 Å². The smallest absolute Gasteiger partial charge is 0.329 e. The van der Waals surface area contributed by atoms with E-state index in [0.29, 0.717) is 12.1 Å². The second-order valence-corrected chi connectivity index (χ2v) is 3.08. The summed E-state index contributed by atoms with van der Waals surface area (Å²) in [6.07, 6.45) is -10.9. The van der Waals surface area contributed by atoms with Gasteiger partial charge < -0.3 is 5.32 Å². The number of hydrogen-bond donors (Lipinski definition) is 1. The molecule has 18 heavy (non-hydrogen) atoms. The van der Waals surface area contributed by atoms with Crippen LogP contribution in [0.3, 0.4) is 0 Å². The molecule has 1 aromatic carbocycles. The number of hydrogen-bond acceptors (Lipinski definition) is 2. The lowest BCUT2D eigenvalue weighted by Gasteiger charge is -2.28. The number of nitrogens with zero attached hydrogens (tertiary/aromatic N) is 1. The van der Waals surface area contributed by atoms with Crippen molar-refractivity contribution in [3.8, 4) is 0 Å². The fourth-order valence-corrected chi connectivity index (χ4v) is 1.21. The molecule has 100 valence electrons. The highest BCUT2D eigenvalue weighted by atomic mass is 19.4. The largest absolute Gasteiger partial charge is 0.491 e. The molecule has 0 aromatic heterocycles. The Balaban J connectivity index is 3.11. The molecule has 0 atom stereocenters. The number of anilines is 2. The summed E-state index contributed by atoms with van der Waals surface area (Å²) in [5.41, 5.74) is -1.01. The van der Waals surface area contributed by atoms with Crippen molar-refractivity contribution in [3.63, 3.8) is 0 Å². The molecule has 0 aliphatic heterocycles. The number of alkyl halides is 6. The zero-order valence-corrected chi connectivity index (χ0v) is 8.51. The summed E-state index contributed by atoms with van der Waals surface area (Å²) in [6.45, 7) is 0. The Morgan fingerprint density at radius 2 is 1.39 bits per heavy atom. The maximum absolute atomic E-state index is 12.3. The minimum atomic E-state index is -5.59. The lowest BCUT2D eigenvalue weighted by Crippen LogP contribution is -2.48. The number of rotatable bonds is 3. The van der Waals surface area contributed by atoms with Crippen molar-refractivity contribution in [1.29, 1.82) is 0 Å². The van der Waals surface area contributed by atoms with E-state index in [1.807, 2.05) is 0 Å². The molecular weight excluding hydrogens is 266 g/mol. The summed E-state index contributed by atoms with van der Waals surface area (Å²) in [5.74, 6) is 0. The quantitative estimate of drug-likeness (QED) is 0.521. The first-order valence-corrected chi connectivity index (χ1v) is 4.40. The van der Waals surface area contributed by atoms with E-state index in [1.54, 1.807) is 0 Å². The minimum Gasteiger partial charge on any atom is -0.329 e. The van der Waals surface area contributed by atoms with E-state index < -0.39 is 23.2 Å². The Kier molecular flexibility index (Phi) is 3.73. The van der Waals surface area contributed by atoms with Crippen LogP contribution in [-0.4, -0.2) is 19.0 Å². The summed E-state index contributed by atoms with van der Waals surface area (Å²) in [7, 11) is 0. The third kappa shape index (κ3) is 3.28. The van der Waals surface area contributed by atoms with E-state index >= 15 is 0 Å². The fraction of sp³-hybridized carbons (Fsp3) is 0.222. The third-order valence-corrected chi connectivity index (χ3v) is 1.86. The first kappa shape index (κ1) is 14.1. The van der Waals surface area contributed by atoms with Crippen molar-refractivity contribution < 1.29 is 31.1 Å². The Morgan fingerprint density at radius 1 is 0.944 bits per heavy atom. The van der Waals surface area contributed by atoms with Crippen LogP contribution >= 0.6 is 0 Å². The summed E-state index contributed by atoms with van der Waals surface area (Å²) in [5, 5.41) is 2.09. The molecule has 1 rings (SSSR count). The van der Waals surface area contributed by atoms with Gasteiger partial charge in [0.25, 0.3) is 0 Å². The van der Waals surface area contributed by atoms with Crippen LogP contribution in [0.1, 0.15) is 0 Å². The third-order valence-electron chi connectivity index (χ3n) is 1.86. The Labute approximate surface area is 97.0 Å². The maximum Gasteiger partial charge on any atom is 0.491 e. The molecule has 9 heteroatoms. The number of benzene rings is 1. The topological polar surface area (TPSA) is 32.3 Å². The standard InChI is InChI=1S/C9H6F6N2O/c10-8(11,12)17(9(13,14)15)7-3-1-6(2-4-7)16-5-18/h1-5H,(H,16,18). The molecule has 0 aliphatic carbocycles. The van der Waals surface area contributed by atoms with Gasteiger partial charge >= 0.3 is 12.6 Å². The van der Waals surface area contributed by atoms with Crippen molar-refractivity contribution in [3.05, 3.63) is 24.3 Å². The van der Waals surface area contributed by atoms with E-state index in [9.17, 15) is 31.1 Å². The lowest BCUT2D eigenvalue weighted by atomic mass is 10.2. The molecule has 1 aromatic rings. The van der Waals surface area contributed by atoms with E-state index in [-0.39, 0.29) is 12.1 Å². The summed E-state index contributed by atoms with van der Waals surface area (Å²) in [6, 6.07) is 3.06. The number of nitrogens with one attached hydrogen (secondary N) is 1. The summed E-state index contributed by atoms with van der Waals surface area (Å²) < 4.78 is 73.7. The zero-order chi connectivity index (χ0) is 14.0. The van der Waals surface area contributed by atoms with Gasteiger partial charge in [-0.2, -0.15) is 4.90 Å². The SMILES string of the molecule is O=CNc1ccc(N(C(F)(F)F)C(F)(F)F)cc1. The van der Waals surface area contributed by atoms with Gasteiger partial charge in [-0.1, -0.05) is 0 Å². The van der Waals surface area contributed by atoms with Gasteiger partial charge in [-0.3, -0.25) is 4.79 Å². The van der Waals surface area contributed by atoms with Gasteiger partial charge in [-0.05, 0) is 24.3 Å². The molecule has 1 N–H and O–H groups in total. The van der Waals surface area contributed by atoms with Gasteiger partial charge in [-0.25, -0.2) is 0 Å². The Morgan fingerprint density at radius 3 is 1.72 bits per heavy atom. The summed E-state index contributed by atoms with van der Waals surface area (Å²) >= 11 is 0. The summed E-state index contributed by atoms with van der Waals surface area (Å²) in [4.78, 5) is 8.41. The highest BCUT2D eigenvalue weighted by Crippen LogP contribution is 2.38. The van der Waals surface area contributed by atoms with Crippen molar-refractivity contribution in [1.82, 2.24) is 0 Å². The predicted octanol–water partition coefficient (Wildman–Crippen LogP) is 3.10. The highest BCUT2D eigenvalue weighted by Gasteiger charge is 2.53. The minimum absolute atomic E-state index is 0.0815. The number of carbonyl (C=O) groups is 1.